The first-order chi connectivity index (χ1) is 8.04. The van der Waals surface area contributed by atoms with E-state index in [1.807, 2.05) is 6.92 Å². The topological polar surface area (TPSA) is 67.3 Å². The number of aliphatic hydroxyl groups excluding tert-OH is 1. The number of ether oxygens (including phenoxy) is 1. The summed E-state index contributed by atoms with van der Waals surface area (Å²) in [5, 5.41) is 12.6. The van der Waals surface area contributed by atoms with Crippen LogP contribution in [-0.4, -0.2) is 39.4 Å². The lowest BCUT2D eigenvalue weighted by molar-refractivity contribution is 0.208. The van der Waals surface area contributed by atoms with Crippen molar-refractivity contribution in [2.24, 2.45) is 0 Å². The van der Waals surface area contributed by atoms with E-state index >= 15 is 0 Å². The molecule has 1 aromatic rings. The summed E-state index contributed by atoms with van der Waals surface area (Å²) in [5.41, 5.74) is 0.646. The maximum absolute atomic E-state index is 9.25. The molecule has 0 amide bonds. The van der Waals surface area contributed by atoms with Gasteiger partial charge in [-0.15, -0.1) is 0 Å². The molecule has 6 heteroatoms. The number of thiocarbonyl (C=S) groups is 1. The van der Waals surface area contributed by atoms with E-state index in [0.29, 0.717) is 35.4 Å². The number of hydrogen-bond donors (Lipinski definition) is 2. The Bertz CT molecular complexity index is 396. The van der Waals surface area contributed by atoms with Crippen LogP contribution in [0, 0.1) is 6.92 Å². The third-order valence-electron chi connectivity index (χ3n) is 1.97. The Labute approximate surface area is 106 Å². The van der Waals surface area contributed by atoms with Crippen LogP contribution in [0.25, 0.3) is 0 Å². The summed E-state index contributed by atoms with van der Waals surface area (Å²) in [7, 11) is 0. The van der Waals surface area contributed by atoms with E-state index in [-0.39, 0.29) is 0 Å². The van der Waals surface area contributed by atoms with Gasteiger partial charge in [0.15, 0.2) is 5.05 Å². The van der Waals surface area contributed by atoms with Crippen LogP contribution in [0.2, 0.25) is 0 Å². The molecule has 5 nitrogen and oxygen atoms in total. The average molecular weight is 255 g/mol. The monoisotopic (exact) mass is 255 g/mol. The molecule has 0 saturated carbocycles. The quantitative estimate of drug-likeness (QED) is 0.773. The predicted octanol–water partition coefficient (Wildman–Crippen LogP) is 1.29. The van der Waals surface area contributed by atoms with Crippen molar-refractivity contribution in [3.05, 3.63) is 17.6 Å². The summed E-state index contributed by atoms with van der Waals surface area (Å²) in [6.45, 7) is 6.26. The molecule has 0 fully saturated rings. The Morgan fingerprint density at radius 1 is 1.65 bits per heavy atom. The van der Waals surface area contributed by atoms with Crippen molar-refractivity contribution in [1.82, 2.24) is 9.97 Å². The lowest BCUT2D eigenvalue weighted by Gasteiger charge is -2.13. The number of nitrogens with zero attached hydrogens (tertiary/aromatic N) is 2. The molecular weight excluding hydrogens is 238 g/mol. The van der Waals surface area contributed by atoms with Gasteiger partial charge in [-0.05, 0) is 33.0 Å². The Morgan fingerprint density at radius 2 is 2.35 bits per heavy atom. The minimum Gasteiger partial charge on any atom is -0.483 e. The zero-order valence-electron chi connectivity index (χ0n) is 10.2. The Balaban J connectivity index is 2.91. The van der Waals surface area contributed by atoms with Gasteiger partial charge in [-0.25, -0.2) is 9.97 Å². The summed E-state index contributed by atoms with van der Waals surface area (Å²) in [6.07, 6.45) is 1.17. The van der Waals surface area contributed by atoms with Crippen molar-refractivity contribution in [3.63, 3.8) is 0 Å². The van der Waals surface area contributed by atoms with Gasteiger partial charge in [0.05, 0.1) is 18.3 Å². The van der Waals surface area contributed by atoms with Gasteiger partial charge in [-0.1, -0.05) is 0 Å². The molecule has 1 atom stereocenters. The minimum atomic E-state index is -0.459. The minimum absolute atomic E-state index is 0.362. The van der Waals surface area contributed by atoms with Crippen LogP contribution in [0.5, 0.6) is 0 Å². The van der Waals surface area contributed by atoms with Crippen molar-refractivity contribution in [2.75, 3.05) is 18.5 Å². The number of aliphatic hydroxyl groups is 1. The standard InChI is InChI=1S/C11H17N3O2S/c1-4-16-11(17)9-6-12-8(3)14-10(9)13-5-7(2)15/h6-7,15H,4-5H2,1-3H3,(H,12,13,14)/t7-/m1/s1. The van der Waals surface area contributed by atoms with Crippen LogP contribution in [0.15, 0.2) is 6.20 Å². The number of aromatic nitrogens is 2. The summed E-state index contributed by atoms with van der Waals surface area (Å²) < 4.78 is 5.26. The molecule has 0 unspecified atom stereocenters. The van der Waals surface area contributed by atoms with Gasteiger partial charge in [-0.3, -0.25) is 0 Å². The number of anilines is 1. The normalized spacial score (nSPS) is 12.0. The van der Waals surface area contributed by atoms with Gasteiger partial charge in [-0.2, -0.15) is 0 Å². The van der Waals surface area contributed by atoms with Gasteiger partial charge >= 0.3 is 0 Å². The largest absolute Gasteiger partial charge is 0.483 e. The molecule has 0 aromatic carbocycles. The molecule has 1 aromatic heterocycles. The maximum Gasteiger partial charge on any atom is 0.196 e. The highest BCUT2D eigenvalue weighted by Crippen LogP contribution is 2.14. The number of rotatable bonds is 5. The fraction of sp³-hybridized carbons (Fsp3) is 0.545. The first kappa shape index (κ1) is 13.8. The highest BCUT2D eigenvalue weighted by atomic mass is 32.1. The molecule has 0 spiro atoms. The van der Waals surface area contributed by atoms with Crippen molar-refractivity contribution in [1.29, 1.82) is 0 Å². The van der Waals surface area contributed by atoms with E-state index in [4.69, 9.17) is 17.0 Å². The van der Waals surface area contributed by atoms with Crippen LogP contribution in [0.4, 0.5) is 5.82 Å². The van der Waals surface area contributed by atoms with Gasteiger partial charge in [0, 0.05) is 12.7 Å². The molecule has 0 saturated heterocycles. The second kappa shape index (κ2) is 6.46. The summed E-state index contributed by atoms with van der Waals surface area (Å²) in [5.74, 6) is 1.23. The molecule has 0 aliphatic carbocycles. The Morgan fingerprint density at radius 3 is 2.94 bits per heavy atom. The van der Waals surface area contributed by atoms with E-state index in [0.717, 1.165) is 0 Å². The summed E-state index contributed by atoms with van der Waals surface area (Å²) in [6, 6.07) is 0. The van der Waals surface area contributed by atoms with Crippen LogP contribution < -0.4 is 5.32 Å². The van der Waals surface area contributed by atoms with Crippen molar-refractivity contribution >= 4 is 23.1 Å². The first-order valence-corrected chi connectivity index (χ1v) is 5.88. The fourth-order valence-electron chi connectivity index (χ4n) is 1.21. The van der Waals surface area contributed by atoms with Crippen LogP contribution in [-0.2, 0) is 4.74 Å². The summed E-state index contributed by atoms with van der Waals surface area (Å²) >= 11 is 5.13. The second-order valence-electron chi connectivity index (χ2n) is 3.63. The van der Waals surface area contributed by atoms with Gasteiger partial charge in [0.2, 0.25) is 0 Å². The van der Waals surface area contributed by atoms with Crippen molar-refractivity contribution < 1.29 is 9.84 Å². The molecule has 17 heavy (non-hydrogen) atoms. The van der Waals surface area contributed by atoms with Crippen LogP contribution in [0.1, 0.15) is 25.2 Å². The van der Waals surface area contributed by atoms with Gasteiger partial charge < -0.3 is 15.2 Å². The molecule has 1 heterocycles. The molecule has 0 radical (unpaired) electrons. The number of aryl methyl sites for hydroxylation is 1. The lowest BCUT2D eigenvalue weighted by Crippen LogP contribution is -2.19. The van der Waals surface area contributed by atoms with E-state index in [9.17, 15) is 5.11 Å². The van der Waals surface area contributed by atoms with E-state index in [1.54, 1.807) is 20.0 Å². The summed E-state index contributed by atoms with van der Waals surface area (Å²) in [4.78, 5) is 8.34. The lowest BCUT2D eigenvalue weighted by atomic mass is 10.3. The fourth-order valence-corrected chi connectivity index (χ4v) is 1.47. The second-order valence-corrected chi connectivity index (χ2v) is 4.00. The van der Waals surface area contributed by atoms with E-state index < -0.39 is 6.10 Å². The van der Waals surface area contributed by atoms with Gasteiger partial charge in [0.1, 0.15) is 11.6 Å². The van der Waals surface area contributed by atoms with Gasteiger partial charge in [0.25, 0.3) is 0 Å². The zero-order valence-corrected chi connectivity index (χ0v) is 11.0. The van der Waals surface area contributed by atoms with Crippen molar-refractivity contribution in [3.8, 4) is 0 Å². The maximum atomic E-state index is 9.25. The molecular formula is C11H17N3O2S. The Hall–Kier alpha value is -1.27. The molecule has 0 bridgehead atoms. The van der Waals surface area contributed by atoms with E-state index in [2.05, 4.69) is 15.3 Å². The third-order valence-corrected chi connectivity index (χ3v) is 2.31. The molecule has 1 rings (SSSR count). The molecule has 94 valence electrons. The first-order valence-electron chi connectivity index (χ1n) is 5.47. The zero-order chi connectivity index (χ0) is 12.8. The third kappa shape index (κ3) is 4.24. The Kier molecular flexibility index (Phi) is 5.24. The van der Waals surface area contributed by atoms with Crippen LogP contribution >= 0.6 is 12.2 Å². The highest BCUT2D eigenvalue weighted by Gasteiger charge is 2.11. The smallest absolute Gasteiger partial charge is 0.196 e. The highest BCUT2D eigenvalue weighted by molar-refractivity contribution is 7.80. The predicted molar refractivity (Wildman–Crippen MR) is 70.3 cm³/mol. The van der Waals surface area contributed by atoms with E-state index in [1.165, 1.54) is 0 Å². The molecule has 0 aliphatic rings. The number of hydrogen-bond acceptors (Lipinski definition) is 6. The molecule has 0 aliphatic heterocycles. The average Bonchev–Trinajstić information content (AvgIpc) is 2.26. The van der Waals surface area contributed by atoms with Crippen LogP contribution in [0.3, 0.4) is 0 Å². The number of nitrogens with one attached hydrogen (secondary N) is 1. The van der Waals surface area contributed by atoms with Crippen molar-refractivity contribution in [2.45, 2.75) is 26.9 Å². The SMILES string of the molecule is CCOC(=S)c1cnc(C)nc1NC[C@@H](C)O. The molecule has 2 N–H and O–H groups in total.